The minimum atomic E-state index is -0.432. The molecule has 1 rings (SSSR count). The third-order valence-electron chi connectivity index (χ3n) is 2.30. The van der Waals surface area contributed by atoms with Crippen LogP contribution in [-0.4, -0.2) is 43.2 Å². The number of benzene rings is 1. The van der Waals surface area contributed by atoms with Crippen molar-refractivity contribution in [3.63, 3.8) is 0 Å². The van der Waals surface area contributed by atoms with E-state index < -0.39 is 5.60 Å². The van der Waals surface area contributed by atoms with Crippen molar-refractivity contribution < 1.29 is 14.3 Å². The van der Waals surface area contributed by atoms with Gasteiger partial charge in [0.1, 0.15) is 18.0 Å². The number of esters is 1. The molecule has 0 atom stereocenters. The van der Waals surface area contributed by atoms with E-state index in [2.05, 4.69) is 0 Å². The standard InChI is InChI=1S/C15H23NO3/c1-15(2,3)19-14(17)12-16(4)10-11-18-13-8-6-5-7-9-13/h5-9H,10-12H2,1-4H3. The number of hydrogen-bond donors (Lipinski definition) is 0. The zero-order valence-corrected chi connectivity index (χ0v) is 12.2. The average Bonchev–Trinajstić information content (AvgIpc) is 2.27. The Morgan fingerprint density at radius 2 is 1.84 bits per heavy atom. The number of likely N-dealkylation sites (N-methyl/N-ethyl adjacent to an activating group) is 1. The minimum Gasteiger partial charge on any atom is -0.492 e. The molecule has 1 aromatic carbocycles. The molecular weight excluding hydrogens is 242 g/mol. The number of hydrogen-bond acceptors (Lipinski definition) is 4. The molecule has 0 saturated heterocycles. The second kappa shape index (κ2) is 7.14. The van der Waals surface area contributed by atoms with Crippen LogP contribution in [0.5, 0.6) is 5.75 Å². The number of nitrogens with zero attached hydrogens (tertiary/aromatic N) is 1. The number of carbonyl (C=O) groups is 1. The highest BCUT2D eigenvalue weighted by Crippen LogP contribution is 2.08. The molecule has 0 radical (unpaired) electrons. The first-order chi connectivity index (χ1) is 8.87. The van der Waals surface area contributed by atoms with Crippen molar-refractivity contribution in [3.05, 3.63) is 30.3 Å². The highest BCUT2D eigenvalue weighted by molar-refractivity contribution is 5.72. The highest BCUT2D eigenvalue weighted by Gasteiger charge is 2.17. The summed E-state index contributed by atoms with van der Waals surface area (Å²) < 4.78 is 10.8. The van der Waals surface area contributed by atoms with Gasteiger partial charge < -0.3 is 9.47 Å². The first-order valence-electron chi connectivity index (χ1n) is 6.45. The van der Waals surface area contributed by atoms with Crippen LogP contribution in [0.1, 0.15) is 20.8 Å². The van der Waals surface area contributed by atoms with E-state index in [0.29, 0.717) is 13.2 Å². The molecule has 0 spiro atoms. The first kappa shape index (κ1) is 15.5. The van der Waals surface area contributed by atoms with Crippen molar-refractivity contribution in [2.45, 2.75) is 26.4 Å². The molecule has 0 fully saturated rings. The molecule has 0 bridgehead atoms. The topological polar surface area (TPSA) is 38.8 Å². The maximum atomic E-state index is 11.6. The molecule has 0 aliphatic heterocycles. The number of para-hydroxylation sites is 1. The molecule has 1 aromatic rings. The van der Waals surface area contributed by atoms with Gasteiger partial charge >= 0.3 is 5.97 Å². The molecule has 0 aliphatic carbocycles. The summed E-state index contributed by atoms with van der Waals surface area (Å²) in [7, 11) is 1.87. The number of carbonyl (C=O) groups excluding carboxylic acids is 1. The van der Waals surface area contributed by atoms with E-state index in [-0.39, 0.29) is 12.5 Å². The Morgan fingerprint density at radius 3 is 2.42 bits per heavy atom. The Hall–Kier alpha value is -1.55. The van der Waals surface area contributed by atoms with Crippen molar-refractivity contribution >= 4 is 5.97 Å². The normalized spacial score (nSPS) is 11.4. The van der Waals surface area contributed by atoms with Crippen LogP contribution < -0.4 is 4.74 Å². The van der Waals surface area contributed by atoms with Gasteiger partial charge in [-0.2, -0.15) is 0 Å². The van der Waals surface area contributed by atoms with Gasteiger partial charge in [0.05, 0.1) is 6.54 Å². The average molecular weight is 265 g/mol. The molecule has 106 valence electrons. The third kappa shape index (κ3) is 7.47. The summed E-state index contributed by atoms with van der Waals surface area (Å²) in [6, 6.07) is 9.63. The summed E-state index contributed by atoms with van der Waals surface area (Å²) in [5.41, 5.74) is -0.432. The lowest BCUT2D eigenvalue weighted by Crippen LogP contribution is -2.34. The molecular formula is C15H23NO3. The Labute approximate surface area is 115 Å². The van der Waals surface area contributed by atoms with Crippen molar-refractivity contribution in [1.29, 1.82) is 0 Å². The maximum absolute atomic E-state index is 11.6. The zero-order chi connectivity index (χ0) is 14.3. The van der Waals surface area contributed by atoms with Gasteiger partial charge in [-0.3, -0.25) is 9.69 Å². The predicted octanol–water partition coefficient (Wildman–Crippen LogP) is 2.34. The van der Waals surface area contributed by atoms with Gasteiger partial charge in [0, 0.05) is 6.54 Å². The van der Waals surface area contributed by atoms with Crippen LogP contribution in [0.3, 0.4) is 0 Å². The molecule has 0 amide bonds. The fraction of sp³-hybridized carbons (Fsp3) is 0.533. The van der Waals surface area contributed by atoms with E-state index in [0.717, 1.165) is 5.75 Å². The summed E-state index contributed by atoms with van der Waals surface area (Å²) in [5.74, 6) is 0.628. The number of rotatable bonds is 6. The van der Waals surface area contributed by atoms with Crippen molar-refractivity contribution in [3.8, 4) is 5.75 Å². The highest BCUT2D eigenvalue weighted by atomic mass is 16.6. The monoisotopic (exact) mass is 265 g/mol. The summed E-state index contributed by atoms with van der Waals surface area (Å²) in [4.78, 5) is 13.5. The van der Waals surface area contributed by atoms with Gasteiger partial charge in [-0.05, 0) is 40.0 Å². The van der Waals surface area contributed by atoms with E-state index in [1.54, 1.807) is 0 Å². The largest absolute Gasteiger partial charge is 0.492 e. The summed E-state index contributed by atoms with van der Waals surface area (Å²) in [6.45, 7) is 7.09. The Bertz CT molecular complexity index is 384. The lowest BCUT2D eigenvalue weighted by Gasteiger charge is -2.22. The van der Waals surface area contributed by atoms with Gasteiger partial charge in [-0.25, -0.2) is 0 Å². The van der Waals surface area contributed by atoms with Crippen LogP contribution >= 0.6 is 0 Å². The lowest BCUT2D eigenvalue weighted by atomic mass is 10.2. The van der Waals surface area contributed by atoms with Crippen molar-refractivity contribution in [2.75, 3.05) is 26.7 Å². The van der Waals surface area contributed by atoms with Crippen LogP contribution in [-0.2, 0) is 9.53 Å². The fourth-order valence-corrected chi connectivity index (χ4v) is 1.51. The van der Waals surface area contributed by atoms with E-state index in [9.17, 15) is 4.79 Å². The van der Waals surface area contributed by atoms with Crippen LogP contribution in [0.2, 0.25) is 0 Å². The molecule has 4 nitrogen and oxygen atoms in total. The second-order valence-corrected chi connectivity index (χ2v) is 5.49. The second-order valence-electron chi connectivity index (χ2n) is 5.49. The van der Waals surface area contributed by atoms with Gasteiger partial charge in [0.25, 0.3) is 0 Å². The SMILES string of the molecule is CN(CCOc1ccccc1)CC(=O)OC(C)(C)C. The Morgan fingerprint density at radius 1 is 1.21 bits per heavy atom. The Balaban J connectivity index is 2.21. The third-order valence-corrected chi connectivity index (χ3v) is 2.30. The molecule has 0 heterocycles. The molecule has 0 aliphatic rings. The minimum absolute atomic E-state index is 0.213. The van der Waals surface area contributed by atoms with E-state index >= 15 is 0 Å². The molecule has 0 aromatic heterocycles. The Kier molecular flexibility index (Phi) is 5.83. The van der Waals surface area contributed by atoms with E-state index in [4.69, 9.17) is 9.47 Å². The van der Waals surface area contributed by atoms with Gasteiger partial charge in [-0.15, -0.1) is 0 Å². The lowest BCUT2D eigenvalue weighted by molar-refractivity contribution is -0.155. The van der Waals surface area contributed by atoms with Gasteiger partial charge in [-0.1, -0.05) is 18.2 Å². The van der Waals surface area contributed by atoms with E-state index in [1.807, 2.05) is 63.1 Å². The summed E-state index contributed by atoms with van der Waals surface area (Å²) in [5, 5.41) is 0. The van der Waals surface area contributed by atoms with Crippen LogP contribution in [0.15, 0.2) is 30.3 Å². The van der Waals surface area contributed by atoms with Gasteiger partial charge in [0.15, 0.2) is 0 Å². The molecule has 0 unspecified atom stereocenters. The summed E-state index contributed by atoms with van der Waals surface area (Å²) in [6.07, 6.45) is 0. The first-order valence-corrected chi connectivity index (χ1v) is 6.45. The van der Waals surface area contributed by atoms with Crippen molar-refractivity contribution in [2.24, 2.45) is 0 Å². The van der Waals surface area contributed by atoms with Gasteiger partial charge in [0.2, 0.25) is 0 Å². The smallest absolute Gasteiger partial charge is 0.320 e. The molecule has 0 saturated carbocycles. The van der Waals surface area contributed by atoms with Crippen molar-refractivity contribution in [1.82, 2.24) is 4.90 Å². The predicted molar refractivity (Wildman–Crippen MR) is 75.3 cm³/mol. The maximum Gasteiger partial charge on any atom is 0.320 e. The zero-order valence-electron chi connectivity index (χ0n) is 12.2. The van der Waals surface area contributed by atoms with Crippen LogP contribution in [0.25, 0.3) is 0 Å². The number of ether oxygens (including phenoxy) is 2. The quantitative estimate of drug-likeness (QED) is 0.740. The molecule has 4 heteroatoms. The van der Waals surface area contributed by atoms with Crippen LogP contribution in [0.4, 0.5) is 0 Å². The molecule has 0 N–H and O–H groups in total. The molecule has 19 heavy (non-hydrogen) atoms. The summed E-state index contributed by atoms with van der Waals surface area (Å²) >= 11 is 0. The fourth-order valence-electron chi connectivity index (χ4n) is 1.51. The van der Waals surface area contributed by atoms with E-state index in [1.165, 1.54) is 0 Å². The van der Waals surface area contributed by atoms with Crippen LogP contribution in [0, 0.1) is 0 Å².